The van der Waals surface area contributed by atoms with Crippen LogP contribution in [0.3, 0.4) is 0 Å². The van der Waals surface area contributed by atoms with Crippen LogP contribution < -0.4 is 25.4 Å². The summed E-state index contributed by atoms with van der Waals surface area (Å²) in [5.41, 5.74) is -0.748. The van der Waals surface area contributed by atoms with Crippen LogP contribution in [0.1, 0.15) is 86.0 Å². The minimum absolute atomic E-state index is 0.0205. The largest absolute Gasteiger partial charge is 0.490 e. The normalized spacial score (nSPS) is 25.4. The van der Waals surface area contributed by atoms with Crippen molar-refractivity contribution < 1.29 is 47.3 Å². The number of carbonyl (C=O) groups is 4. The van der Waals surface area contributed by atoms with E-state index in [0.29, 0.717) is 71.2 Å². The standard InChI is InChI=1S/C43H57ClN6O10/c1-8-24-20-43(24,39(53)56-7)49-37(51)31-18-27(21-50(31)38(52)36(42(3,4)5)48-41(54)60-26-12-9-23(2)17-26)59-33-19-29(30-22-58-40(47-30)45-25-10-11-25)46-35-28(33)13-14-32(34(35)44)57-16-15-55-6/h13-14,19,22-27,31,36H,8-12,15-18,20-21H2,1-7H3,(H,45,47)(H,48,54)(H,49,51)/t23-,24-,26+,27-,31+,36-,43-/m1/s1. The summed E-state index contributed by atoms with van der Waals surface area (Å²) >= 11 is 6.96. The number of aromatic nitrogens is 2. The van der Waals surface area contributed by atoms with Gasteiger partial charge in [0.05, 0.1) is 31.5 Å². The highest BCUT2D eigenvalue weighted by Crippen LogP contribution is 2.47. The predicted molar refractivity (Wildman–Crippen MR) is 222 cm³/mol. The van der Waals surface area contributed by atoms with Crippen molar-refractivity contribution in [3.63, 3.8) is 0 Å². The van der Waals surface area contributed by atoms with Gasteiger partial charge in [0, 0.05) is 31.0 Å². The first-order valence-corrected chi connectivity index (χ1v) is 21.3. The number of rotatable bonds is 16. The zero-order valence-electron chi connectivity index (χ0n) is 35.4. The molecule has 3 saturated carbocycles. The number of nitrogens with zero attached hydrogens (tertiary/aromatic N) is 3. The van der Waals surface area contributed by atoms with Crippen molar-refractivity contribution in [1.82, 2.24) is 25.5 Å². The van der Waals surface area contributed by atoms with Gasteiger partial charge in [-0.2, -0.15) is 4.98 Å². The van der Waals surface area contributed by atoms with Gasteiger partial charge in [0.2, 0.25) is 11.8 Å². The maximum absolute atomic E-state index is 14.8. The summed E-state index contributed by atoms with van der Waals surface area (Å²) < 4.78 is 34.4. The molecule has 0 spiro atoms. The first-order chi connectivity index (χ1) is 28.6. The minimum atomic E-state index is -1.20. The molecule has 3 N–H and O–H groups in total. The molecule has 1 aliphatic heterocycles. The molecule has 3 heterocycles. The van der Waals surface area contributed by atoms with Gasteiger partial charge in [-0.3, -0.25) is 9.59 Å². The number of fused-ring (bicyclic) bond motifs is 1. The number of amides is 3. The third-order valence-corrected chi connectivity index (χ3v) is 12.4. The number of hydrogen-bond acceptors (Lipinski definition) is 13. The third-order valence-electron chi connectivity index (χ3n) is 12.0. The Balaban J connectivity index is 1.21. The molecule has 2 aromatic heterocycles. The highest BCUT2D eigenvalue weighted by molar-refractivity contribution is 6.36. The molecule has 16 nitrogen and oxygen atoms in total. The van der Waals surface area contributed by atoms with Crippen LogP contribution >= 0.6 is 11.6 Å². The second kappa shape index (κ2) is 17.6. The molecule has 0 unspecified atom stereocenters. The van der Waals surface area contributed by atoms with Crippen molar-refractivity contribution in [3.8, 4) is 22.9 Å². The Morgan fingerprint density at radius 1 is 1.02 bits per heavy atom. The number of methoxy groups -OCH3 is 2. The SMILES string of the molecule is CC[C@@H]1C[C@]1(NC(=O)[C@@H]1C[C@@H](Oc2cc(-c3coc(NC4CC4)n3)nc3c(Cl)c(OCCOC)ccc23)CN1C(=O)[C@@H](NC(=O)O[C@H]1CC[C@@H](C)C1)C(C)(C)C)C(=O)OC. The summed E-state index contributed by atoms with van der Waals surface area (Å²) in [6.07, 6.45) is 5.51. The number of oxazole rings is 1. The Hall–Kier alpha value is -4.83. The summed E-state index contributed by atoms with van der Waals surface area (Å²) in [5.74, 6) is -0.451. The van der Waals surface area contributed by atoms with Crippen LogP contribution in [0.2, 0.25) is 5.02 Å². The van der Waals surface area contributed by atoms with Gasteiger partial charge in [0.1, 0.15) is 64.9 Å². The summed E-state index contributed by atoms with van der Waals surface area (Å²) in [4.78, 5) is 66.5. The Labute approximate surface area is 355 Å². The van der Waals surface area contributed by atoms with Crippen molar-refractivity contribution >= 4 is 52.4 Å². The highest BCUT2D eigenvalue weighted by Gasteiger charge is 2.62. The molecule has 7 rings (SSSR count). The van der Waals surface area contributed by atoms with E-state index in [1.165, 1.54) is 18.3 Å². The highest BCUT2D eigenvalue weighted by atomic mass is 35.5. The fourth-order valence-corrected chi connectivity index (χ4v) is 8.60. The van der Waals surface area contributed by atoms with E-state index in [4.69, 9.17) is 44.7 Å². The fourth-order valence-electron chi connectivity index (χ4n) is 8.34. The number of alkyl carbamates (subject to hydrolysis) is 1. The summed E-state index contributed by atoms with van der Waals surface area (Å²) in [6.45, 7) is 10.2. The summed E-state index contributed by atoms with van der Waals surface area (Å²) in [6, 6.07) is 3.78. The van der Waals surface area contributed by atoms with E-state index < -0.39 is 53.0 Å². The molecule has 0 bridgehead atoms. The van der Waals surface area contributed by atoms with Crippen molar-refractivity contribution in [2.45, 2.75) is 122 Å². The molecule has 0 radical (unpaired) electrons. The molecular formula is C43H57ClN6O10. The maximum atomic E-state index is 14.8. The van der Waals surface area contributed by atoms with Gasteiger partial charge in [0.15, 0.2) is 0 Å². The summed E-state index contributed by atoms with van der Waals surface area (Å²) in [5, 5.41) is 9.86. The van der Waals surface area contributed by atoms with E-state index >= 15 is 0 Å². The van der Waals surface area contributed by atoms with Gasteiger partial charge >= 0.3 is 12.1 Å². The topological polar surface area (TPSA) is 193 Å². The Morgan fingerprint density at radius 3 is 2.45 bits per heavy atom. The number of esters is 1. The Bertz CT molecular complexity index is 2090. The van der Waals surface area contributed by atoms with Crippen molar-refractivity contribution in [2.75, 3.05) is 39.3 Å². The Kier molecular flexibility index (Phi) is 12.7. The van der Waals surface area contributed by atoms with Crippen LogP contribution in [-0.4, -0.2) is 109 Å². The molecular weight excluding hydrogens is 796 g/mol. The number of carbonyl (C=O) groups excluding carboxylic acids is 4. The molecule has 3 amide bonds. The number of hydrogen-bond donors (Lipinski definition) is 3. The van der Waals surface area contributed by atoms with E-state index in [2.05, 4.69) is 27.9 Å². The molecule has 17 heteroatoms. The second-order valence-corrected chi connectivity index (χ2v) is 18.1. The molecule has 3 aromatic rings. The molecule has 1 aromatic carbocycles. The van der Waals surface area contributed by atoms with E-state index in [-0.39, 0.29) is 36.6 Å². The monoisotopic (exact) mass is 852 g/mol. The van der Waals surface area contributed by atoms with Gasteiger partial charge in [-0.15, -0.1) is 0 Å². The first-order valence-electron chi connectivity index (χ1n) is 21.0. The van der Waals surface area contributed by atoms with E-state index in [1.807, 2.05) is 27.7 Å². The fraction of sp³-hybridized carbons (Fsp3) is 0.628. The maximum Gasteiger partial charge on any atom is 0.408 e. The third kappa shape index (κ3) is 9.39. The van der Waals surface area contributed by atoms with Gasteiger partial charge in [-0.1, -0.05) is 52.6 Å². The smallest absolute Gasteiger partial charge is 0.408 e. The van der Waals surface area contributed by atoms with Gasteiger partial charge in [-0.05, 0) is 67.9 Å². The molecule has 60 heavy (non-hydrogen) atoms. The van der Waals surface area contributed by atoms with Crippen molar-refractivity contribution in [3.05, 3.63) is 29.5 Å². The zero-order chi connectivity index (χ0) is 42.9. The van der Waals surface area contributed by atoms with E-state index in [9.17, 15) is 19.2 Å². The average Bonchev–Trinajstić information content (AvgIpc) is 3.98. The van der Waals surface area contributed by atoms with Gasteiger partial charge in [0.25, 0.3) is 6.01 Å². The van der Waals surface area contributed by atoms with Crippen LogP contribution in [0.25, 0.3) is 22.3 Å². The van der Waals surface area contributed by atoms with Crippen molar-refractivity contribution in [1.29, 1.82) is 0 Å². The lowest BCUT2D eigenvalue weighted by atomic mass is 9.85. The predicted octanol–water partition coefficient (Wildman–Crippen LogP) is 6.28. The molecule has 4 fully saturated rings. The van der Waals surface area contributed by atoms with E-state index in [1.54, 1.807) is 25.3 Å². The van der Waals surface area contributed by atoms with Gasteiger partial charge < -0.3 is 49.0 Å². The number of nitrogens with one attached hydrogen (secondary N) is 3. The number of ether oxygens (including phenoxy) is 5. The van der Waals surface area contributed by atoms with E-state index in [0.717, 1.165) is 32.1 Å². The van der Waals surface area contributed by atoms with Crippen LogP contribution in [0, 0.1) is 17.3 Å². The summed E-state index contributed by atoms with van der Waals surface area (Å²) in [7, 11) is 2.87. The number of pyridine rings is 1. The zero-order valence-corrected chi connectivity index (χ0v) is 36.2. The minimum Gasteiger partial charge on any atom is -0.490 e. The molecule has 326 valence electrons. The average molecular weight is 853 g/mol. The lowest BCUT2D eigenvalue weighted by Crippen LogP contribution is -2.59. The molecule has 3 aliphatic carbocycles. The molecule has 1 saturated heterocycles. The number of likely N-dealkylation sites (tertiary alicyclic amines) is 1. The van der Waals surface area contributed by atoms with Crippen LogP contribution in [0.5, 0.6) is 11.5 Å². The van der Waals surface area contributed by atoms with Crippen molar-refractivity contribution in [2.24, 2.45) is 17.3 Å². The van der Waals surface area contributed by atoms with Crippen LogP contribution in [0.4, 0.5) is 10.8 Å². The number of benzene rings is 1. The lowest BCUT2D eigenvalue weighted by molar-refractivity contribution is -0.148. The van der Waals surface area contributed by atoms with Crippen LogP contribution in [0.15, 0.2) is 28.9 Å². The quantitative estimate of drug-likeness (QED) is 0.108. The molecule has 4 aliphatic rings. The number of anilines is 1. The first kappa shape index (κ1) is 43.3. The number of halogens is 1. The molecule has 7 atom stereocenters. The lowest BCUT2D eigenvalue weighted by Gasteiger charge is -2.35. The van der Waals surface area contributed by atoms with Crippen LogP contribution in [-0.2, 0) is 28.6 Å². The Morgan fingerprint density at radius 2 is 1.80 bits per heavy atom. The second-order valence-electron chi connectivity index (χ2n) is 17.7. The van der Waals surface area contributed by atoms with Gasteiger partial charge in [-0.25, -0.2) is 14.6 Å².